The molecule has 1 N–H and O–H groups in total. The van der Waals surface area contributed by atoms with Crippen LogP contribution in [0.15, 0.2) is 53.0 Å². The van der Waals surface area contributed by atoms with Crippen LogP contribution in [-0.4, -0.2) is 6.54 Å². The lowest BCUT2D eigenvalue weighted by Crippen LogP contribution is -2.22. The molecule has 0 aliphatic heterocycles. The maximum Gasteiger partial charge on any atom is 0.0420 e. The van der Waals surface area contributed by atoms with E-state index in [0.717, 1.165) is 35.3 Å². The van der Waals surface area contributed by atoms with Gasteiger partial charge in [0.05, 0.1) is 0 Å². The topological polar surface area (TPSA) is 12.0 Å². The van der Waals surface area contributed by atoms with Crippen molar-refractivity contribution in [3.05, 3.63) is 69.2 Å². The van der Waals surface area contributed by atoms with Gasteiger partial charge in [-0.05, 0) is 55.1 Å². The summed E-state index contributed by atoms with van der Waals surface area (Å²) in [5, 5.41) is 4.41. The van der Waals surface area contributed by atoms with Crippen molar-refractivity contribution in [1.82, 2.24) is 5.32 Å². The van der Waals surface area contributed by atoms with Crippen LogP contribution >= 0.6 is 27.5 Å². The van der Waals surface area contributed by atoms with E-state index in [0.29, 0.717) is 6.04 Å². The van der Waals surface area contributed by atoms with Crippen molar-refractivity contribution in [1.29, 1.82) is 0 Å². The standard InChI is InChI=1S/C18H21BrClN/c1-2-10-21-18(9-8-14-6-4-3-5-7-14)15-11-16(19)13-17(20)12-15/h3-7,11-13,18,21H,2,8-10H2,1H3. The highest BCUT2D eigenvalue weighted by molar-refractivity contribution is 9.10. The SMILES string of the molecule is CCCNC(CCc1ccccc1)c1cc(Cl)cc(Br)c1. The van der Waals surface area contributed by atoms with Gasteiger partial charge < -0.3 is 5.32 Å². The third-order valence-corrected chi connectivity index (χ3v) is 4.17. The number of rotatable bonds is 7. The van der Waals surface area contributed by atoms with Gasteiger partial charge in [0.1, 0.15) is 0 Å². The fraction of sp³-hybridized carbons (Fsp3) is 0.333. The van der Waals surface area contributed by atoms with Gasteiger partial charge in [-0.3, -0.25) is 0 Å². The lowest BCUT2D eigenvalue weighted by Gasteiger charge is -2.20. The lowest BCUT2D eigenvalue weighted by molar-refractivity contribution is 0.499. The molecule has 2 aromatic rings. The zero-order valence-corrected chi connectivity index (χ0v) is 14.6. The van der Waals surface area contributed by atoms with Crippen molar-refractivity contribution in [3.63, 3.8) is 0 Å². The van der Waals surface area contributed by atoms with Gasteiger partial charge >= 0.3 is 0 Å². The molecule has 0 bridgehead atoms. The molecule has 0 aliphatic rings. The third-order valence-electron chi connectivity index (χ3n) is 3.49. The zero-order valence-electron chi connectivity index (χ0n) is 12.3. The monoisotopic (exact) mass is 365 g/mol. The van der Waals surface area contributed by atoms with Crippen LogP contribution in [0.5, 0.6) is 0 Å². The minimum Gasteiger partial charge on any atom is -0.310 e. The van der Waals surface area contributed by atoms with Crippen LogP contribution in [0.4, 0.5) is 0 Å². The van der Waals surface area contributed by atoms with Crippen molar-refractivity contribution < 1.29 is 0 Å². The maximum atomic E-state index is 6.19. The summed E-state index contributed by atoms with van der Waals surface area (Å²) in [6.07, 6.45) is 3.26. The minimum atomic E-state index is 0.333. The van der Waals surface area contributed by atoms with E-state index in [1.165, 1.54) is 11.1 Å². The third kappa shape index (κ3) is 5.46. The summed E-state index contributed by atoms with van der Waals surface area (Å²) >= 11 is 9.72. The van der Waals surface area contributed by atoms with Crippen molar-refractivity contribution in [2.45, 2.75) is 32.2 Å². The van der Waals surface area contributed by atoms with Gasteiger partial charge in [0.2, 0.25) is 0 Å². The Labute approximate surface area is 140 Å². The molecule has 21 heavy (non-hydrogen) atoms. The molecule has 0 fully saturated rings. The van der Waals surface area contributed by atoms with E-state index in [1.54, 1.807) is 0 Å². The zero-order chi connectivity index (χ0) is 15.1. The second-order valence-electron chi connectivity index (χ2n) is 5.23. The first kappa shape index (κ1) is 16.5. The van der Waals surface area contributed by atoms with Crippen LogP contribution in [0.3, 0.4) is 0 Å². The van der Waals surface area contributed by atoms with Crippen LogP contribution in [0.25, 0.3) is 0 Å². The average molecular weight is 367 g/mol. The summed E-state index contributed by atoms with van der Waals surface area (Å²) in [5.41, 5.74) is 2.63. The van der Waals surface area contributed by atoms with Crippen LogP contribution < -0.4 is 5.32 Å². The Morgan fingerprint density at radius 2 is 1.90 bits per heavy atom. The Kier molecular flexibility index (Phi) is 6.75. The Morgan fingerprint density at radius 3 is 2.57 bits per heavy atom. The van der Waals surface area contributed by atoms with E-state index in [9.17, 15) is 0 Å². The van der Waals surface area contributed by atoms with E-state index in [4.69, 9.17) is 11.6 Å². The summed E-state index contributed by atoms with van der Waals surface area (Å²) in [7, 11) is 0. The Bertz CT molecular complexity index is 536. The normalized spacial score (nSPS) is 12.3. The fourth-order valence-electron chi connectivity index (χ4n) is 2.44. The van der Waals surface area contributed by atoms with Gasteiger partial charge in [0.15, 0.2) is 0 Å². The second kappa shape index (κ2) is 8.57. The quantitative estimate of drug-likeness (QED) is 0.655. The minimum absolute atomic E-state index is 0.333. The van der Waals surface area contributed by atoms with Crippen molar-refractivity contribution in [2.75, 3.05) is 6.54 Å². The molecule has 1 atom stereocenters. The average Bonchev–Trinajstić information content (AvgIpc) is 2.47. The first-order valence-corrected chi connectivity index (χ1v) is 8.59. The van der Waals surface area contributed by atoms with E-state index in [1.807, 2.05) is 6.07 Å². The number of aryl methyl sites for hydroxylation is 1. The fourth-order valence-corrected chi connectivity index (χ4v) is 3.32. The van der Waals surface area contributed by atoms with Crippen LogP contribution in [0, 0.1) is 0 Å². The molecule has 0 spiro atoms. The van der Waals surface area contributed by atoms with Crippen molar-refractivity contribution in [3.8, 4) is 0 Å². The summed E-state index contributed by atoms with van der Waals surface area (Å²) in [4.78, 5) is 0. The number of nitrogens with one attached hydrogen (secondary N) is 1. The molecular weight excluding hydrogens is 346 g/mol. The summed E-state index contributed by atoms with van der Waals surface area (Å²) in [6.45, 7) is 3.21. The van der Waals surface area contributed by atoms with Crippen molar-refractivity contribution >= 4 is 27.5 Å². The smallest absolute Gasteiger partial charge is 0.0420 e. The van der Waals surface area contributed by atoms with Gasteiger partial charge in [0.25, 0.3) is 0 Å². The van der Waals surface area contributed by atoms with Crippen LogP contribution in [-0.2, 0) is 6.42 Å². The van der Waals surface area contributed by atoms with Crippen LogP contribution in [0.1, 0.15) is 36.9 Å². The molecule has 0 amide bonds. The maximum absolute atomic E-state index is 6.19. The molecule has 0 saturated carbocycles. The molecule has 3 heteroatoms. The van der Waals surface area contributed by atoms with Gasteiger partial charge in [0, 0.05) is 15.5 Å². The molecule has 112 valence electrons. The molecule has 2 rings (SSSR count). The first-order chi connectivity index (χ1) is 10.2. The Balaban J connectivity index is 2.10. The van der Waals surface area contributed by atoms with Gasteiger partial charge in [-0.1, -0.05) is 64.8 Å². The van der Waals surface area contributed by atoms with E-state index in [2.05, 4.69) is 70.6 Å². The van der Waals surface area contributed by atoms with Crippen LogP contribution in [0.2, 0.25) is 5.02 Å². The molecule has 0 aromatic heterocycles. The van der Waals surface area contributed by atoms with E-state index < -0.39 is 0 Å². The Morgan fingerprint density at radius 1 is 1.14 bits per heavy atom. The largest absolute Gasteiger partial charge is 0.310 e. The molecule has 0 heterocycles. The van der Waals surface area contributed by atoms with E-state index in [-0.39, 0.29) is 0 Å². The summed E-state index contributed by atoms with van der Waals surface area (Å²) in [5.74, 6) is 0. The lowest BCUT2D eigenvalue weighted by atomic mass is 9.99. The van der Waals surface area contributed by atoms with Crippen molar-refractivity contribution in [2.24, 2.45) is 0 Å². The Hall–Kier alpha value is -0.830. The van der Waals surface area contributed by atoms with E-state index >= 15 is 0 Å². The first-order valence-electron chi connectivity index (χ1n) is 7.42. The number of benzene rings is 2. The summed E-state index contributed by atoms with van der Waals surface area (Å²) < 4.78 is 1.04. The van der Waals surface area contributed by atoms with Gasteiger partial charge in [-0.25, -0.2) is 0 Å². The predicted molar refractivity (Wildman–Crippen MR) is 94.9 cm³/mol. The summed E-state index contributed by atoms with van der Waals surface area (Å²) in [6, 6.07) is 17.1. The number of hydrogen-bond acceptors (Lipinski definition) is 1. The number of hydrogen-bond donors (Lipinski definition) is 1. The molecule has 1 unspecified atom stereocenters. The number of halogens is 2. The molecule has 0 saturated heterocycles. The predicted octanol–water partition coefficient (Wildman–Crippen LogP) is 5.78. The molecular formula is C18H21BrClN. The molecule has 2 aromatic carbocycles. The molecule has 0 aliphatic carbocycles. The highest BCUT2D eigenvalue weighted by Gasteiger charge is 2.12. The van der Waals surface area contributed by atoms with Gasteiger partial charge in [-0.2, -0.15) is 0 Å². The highest BCUT2D eigenvalue weighted by atomic mass is 79.9. The molecule has 0 radical (unpaired) electrons. The highest BCUT2D eigenvalue weighted by Crippen LogP contribution is 2.26. The second-order valence-corrected chi connectivity index (χ2v) is 6.59. The molecule has 1 nitrogen and oxygen atoms in total. The van der Waals surface area contributed by atoms with Gasteiger partial charge in [-0.15, -0.1) is 0 Å².